The van der Waals surface area contributed by atoms with E-state index in [2.05, 4.69) is 16.5 Å². The third-order valence-corrected chi connectivity index (χ3v) is 6.84. The molecule has 2 atom stereocenters. The molecule has 0 radical (unpaired) electrons. The molecule has 0 unspecified atom stereocenters. The normalized spacial score (nSPS) is 19.7. The molecule has 1 fully saturated rings. The summed E-state index contributed by atoms with van der Waals surface area (Å²) in [6, 6.07) is 8.49. The molecular weight excluding hydrogens is 378 g/mol. The molecule has 1 saturated carbocycles. The average Bonchev–Trinajstić information content (AvgIpc) is 3.12. The van der Waals surface area contributed by atoms with E-state index in [1.54, 1.807) is 29.9 Å². The van der Waals surface area contributed by atoms with Crippen LogP contribution < -0.4 is 11.1 Å². The monoisotopic (exact) mass is 401 g/mol. The van der Waals surface area contributed by atoms with Gasteiger partial charge in [0, 0.05) is 11.9 Å². The van der Waals surface area contributed by atoms with Crippen molar-refractivity contribution < 1.29 is 13.2 Å². The Morgan fingerprint density at radius 3 is 2.61 bits per heavy atom. The summed E-state index contributed by atoms with van der Waals surface area (Å²) < 4.78 is 25.5. The summed E-state index contributed by atoms with van der Waals surface area (Å²) in [5, 5.41) is 16.9. The number of sulfone groups is 1. The Bertz CT molecular complexity index is 1010. The van der Waals surface area contributed by atoms with Gasteiger partial charge < -0.3 is 11.1 Å². The number of carbonyl (C=O) groups excluding carboxylic acids is 1. The minimum Gasteiger partial charge on any atom is -0.365 e. The number of nitrogens with one attached hydrogen (secondary N) is 1. The van der Waals surface area contributed by atoms with Crippen LogP contribution in [-0.2, 0) is 9.84 Å². The fourth-order valence-electron chi connectivity index (χ4n) is 3.46. The third-order valence-electron chi connectivity index (χ3n) is 5.09. The number of amides is 1. The molecule has 8 nitrogen and oxygen atoms in total. The molecule has 28 heavy (non-hydrogen) atoms. The highest BCUT2D eigenvalue weighted by molar-refractivity contribution is 7.91. The molecule has 0 bridgehead atoms. The van der Waals surface area contributed by atoms with Crippen molar-refractivity contribution in [3.63, 3.8) is 0 Å². The van der Waals surface area contributed by atoms with Crippen LogP contribution in [0.2, 0.25) is 0 Å². The molecule has 1 aromatic heterocycles. The molecule has 0 aliphatic heterocycles. The zero-order valence-corrected chi connectivity index (χ0v) is 16.4. The van der Waals surface area contributed by atoms with Gasteiger partial charge in [0.1, 0.15) is 5.56 Å². The van der Waals surface area contributed by atoms with Gasteiger partial charge in [-0.3, -0.25) is 9.48 Å². The molecule has 0 spiro atoms. The standard InChI is InChI=1S/C19H23N5O3S/c1-2-28(26,27)15-9-7-14(8-10-15)22-19-16(18(21)25)12-24(23-19)17-6-4-3-5-13(17)11-20/h7-10,12-13,17H,2-6H2,1H3,(H2,21,25)(H,22,23)/t13-,17+/m1/s1. The Labute approximate surface area is 164 Å². The van der Waals surface area contributed by atoms with Crippen LogP contribution in [0.25, 0.3) is 0 Å². The van der Waals surface area contributed by atoms with E-state index in [4.69, 9.17) is 5.73 Å². The Morgan fingerprint density at radius 1 is 1.32 bits per heavy atom. The van der Waals surface area contributed by atoms with Gasteiger partial charge >= 0.3 is 0 Å². The minimum atomic E-state index is -3.28. The summed E-state index contributed by atoms with van der Waals surface area (Å²) >= 11 is 0. The second-order valence-corrected chi connectivity index (χ2v) is 9.15. The number of primary amides is 1. The largest absolute Gasteiger partial charge is 0.365 e. The van der Waals surface area contributed by atoms with Crippen molar-refractivity contribution in [1.82, 2.24) is 9.78 Å². The van der Waals surface area contributed by atoms with Gasteiger partial charge in [0.2, 0.25) is 0 Å². The first kappa shape index (κ1) is 19.9. The predicted octanol–water partition coefficient (Wildman–Crippen LogP) is 2.77. The maximum absolute atomic E-state index is 11.9. The van der Waals surface area contributed by atoms with Gasteiger partial charge in [-0.05, 0) is 37.1 Å². The van der Waals surface area contributed by atoms with Gasteiger partial charge in [-0.15, -0.1) is 0 Å². The SMILES string of the molecule is CCS(=O)(=O)c1ccc(Nc2nn([C@H]3CCCC[C@@H]3C#N)cc2C(N)=O)cc1. The van der Waals surface area contributed by atoms with Gasteiger partial charge in [0.25, 0.3) is 5.91 Å². The summed E-state index contributed by atoms with van der Waals surface area (Å²) in [5.74, 6) is -0.456. The lowest BCUT2D eigenvalue weighted by Crippen LogP contribution is -2.22. The molecular formula is C19H23N5O3S. The molecule has 148 valence electrons. The van der Waals surface area contributed by atoms with Crippen molar-refractivity contribution in [3.8, 4) is 6.07 Å². The molecule has 2 aromatic rings. The van der Waals surface area contributed by atoms with E-state index >= 15 is 0 Å². The summed E-state index contributed by atoms with van der Waals surface area (Å²) in [7, 11) is -3.28. The number of hydrogen-bond donors (Lipinski definition) is 2. The topological polar surface area (TPSA) is 131 Å². The first-order valence-corrected chi connectivity index (χ1v) is 10.9. The van der Waals surface area contributed by atoms with Gasteiger partial charge in [-0.2, -0.15) is 10.4 Å². The molecule has 9 heteroatoms. The number of anilines is 2. The van der Waals surface area contributed by atoms with E-state index in [-0.39, 0.29) is 28.2 Å². The number of nitrogens with two attached hydrogens (primary N) is 1. The smallest absolute Gasteiger partial charge is 0.254 e. The van der Waals surface area contributed by atoms with E-state index in [1.165, 1.54) is 12.1 Å². The van der Waals surface area contributed by atoms with Crippen LogP contribution in [0, 0.1) is 17.2 Å². The maximum Gasteiger partial charge on any atom is 0.254 e. The highest BCUT2D eigenvalue weighted by Crippen LogP contribution is 2.34. The Morgan fingerprint density at radius 2 is 2.00 bits per heavy atom. The Hall–Kier alpha value is -2.86. The lowest BCUT2D eigenvalue weighted by molar-refractivity contribution is 0.100. The van der Waals surface area contributed by atoms with Crippen LogP contribution in [0.15, 0.2) is 35.4 Å². The van der Waals surface area contributed by atoms with E-state index in [0.29, 0.717) is 11.5 Å². The molecule has 1 aromatic carbocycles. The predicted molar refractivity (Wildman–Crippen MR) is 105 cm³/mol. The molecule has 0 saturated heterocycles. The number of nitrogens with zero attached hydrogens (tertiary/aromatic N) is 3. The zero-order chi connectivity index (χ0) is 20.3. The van der Waals surface area contributed by atoms with E-state index in [1.807, 2.05) is 0 Å². The number of nitriles is 1. The highest BCUT2D eigenvalue weighted by Gasteiger charge is 2.29. The first-order chi connectivity index (χ1) is 13.4. The van der Waals surface area contributed by atoms with Crippen molar-refractivity contribution in [3.05, 3.63) is 36.0 Å². The second-order valence-electron chi connectivity index (χ2n) is 6.88. The fourth-order valence-corrected chi connectivity index (χ4v) is 4.35. The van der Waals surface area contributed by atoms with Gasteiger partial charge in [0.15, 0.2) is 15.7 Å². The third kappa shape index (κ3) is 4.02. The molecule has 1 aliphatic rings. The summed E-state index contributed by atoms with van der Waals surface area (Å²) in [5.41, 5.74) is 6.32. The van der Waals surface area contributed by atoms with Crippen LogP contribution in [-0.4, -0.2) is 29.9 Å². The Balaban J connectivity index is 1.88. The van der Waals surface area contributed by atoms with E-state index in [0.717, 1.165) is 25.7 Å². The quantitative estimate of drug-likeness (QED) is 0.765. The van der Waals surface area contributed by atoms with Crippen LogP contribution in [0.1, 0.15) is 49.0 Å². The van der Waals surface area contributed by atoms with Gasteiger partial charge in [-0.25, -0.2) is 8.42 Å². The van der Waals surface area contributed by atoms with Crippen LogP contribution in [0.3, 0.4) is 0 Å². The molecule has 1 aliphatic carbocycles. The number of carbonyl (C=O) groups is 1. The van der Waals surface area contributed by atoms with E-state index < -0.39 is 15.7 Å². The lowest BCUT2D eigenvalue weighted by atomic mass is 9.85. The van der Waals surface area contributed by atoms with E-state index in [9.17, 15) is 18.5 Å². The van der Waals surface area contributed by atoms with Gasteiger partial charge in [0.05, 0.1) is 28.7 Å². The first-order valence-electron chi connectivity index (χ1n) is 9.24. The molecule has 3 rings (SSSR count). The van der Waals surface area contributed by atoms with Gasteiger partial charge in [-0.1, -0.05) is 19.8 Å². The van der Waals surface area contributed by atoms with Crippen molar-refractivity contribution in [1.29, 1.82) is 5.26 Å². The van der Waals surface area contributed by atoms with Crippen molar-refractivity contribution >= 4 is 27.2 Å². The van der Waals surface area contributed by atoms with Crippen molar-refractivity contribution in [2.24, 2.45) is 11.7 Å². The summed E-state index contributed by atoms with van der Waals surface area (Å²) in [6.07, 6.45) is 5.23. The Kier molecular flexibility index (Phi) is 5.70. The number of benzene rings is 1. The lowest BCUT2D eigenvalue weighted by Gasteiger charge is -2.26. The van der Waals surface area contributed by atoms with Crippen molar-refractivity contribution in [2.45, 2.75) is 43.5 Å². The maximum atomic E-state index is 11.9. The van der Waals surface area contributed by atoms with Crippen molar-refractivity contribution in [2.75, 3.05) is 11.1 Å². The van der Waals surface area contributed by atoms with Crippen LogP contribution >= 0.6 is 0 Å². The average molecular weight is 401 g/mol. The summed E-state index contributed by atoms with van der Waals surface area (Å²) in [6.45, 7) is 1.59. The number of hydrogen-bond acceptors (Lipinski definition) is 6. The second kappa shape index (κ2) is 8.02. The molecule has 1 heterocycles. The minimum absolute atomic E-state index is 0.0253. The van der Waals surface area contributed by atoms with Crippen LogP contribution in [0.4, 0.5) is 11.5 Å². The summed E-state index contributed by atoms with van der Waals surface area (Å²) in [4.78, 5) is 12.1. The molecule has 1 amide bonds. The van der Waals surface area contributed by atoms with Crippen LogP contribution in [0.5, 0.6) is 0 Å². The zero-order valence-electron chi connectivity index (χ0n) is 15.6. The highest BCUT2D eigenvalue weighted by atomic mass is 32.2. The number of aromatic nitrogens is 2. The molecule has 3 N–H and O–H groups in total. The number of rotatable bonds is 6. The fraction of sp³-hybridized carbons (Fsp3) is 0.421.